The van der Waals surface area contributed by atoms with Crippen molar-refractivity contribution >= 4 is 23.5 Å². The van der Waals surface area contributed by atoms with Gasteiger partial charge in [-0.3, -0.25) is 9.78 Å². The Labute approximate surface area is 127 Å². The SMILES string of the molecule is C[C@@H]1CCc2sc(C(=O)N/N=C\c3cccnc3)cc2C1. The minimum Gasteiger partial charge on any atom is -0.266 e. The summed E-state index contributed by atoms with van der Waals surface area (Å²) in [6.07, 6.45) is 8.38. The predicted octanol–water partition coefficient (Wildman–Crippen LogP) is 3.03. The van der Waals surface area contributed by atoms with Crippen molar-refractivity contribution in [2.75, 3.05) is 0 Å². The molecule has 0 aromatic carbocycles. The lowest BCUT2D eigenvalue weighted by Crippen LogP contribution is -2.16. The molecule has 0 bridgehead atoms. The zero-order valence-electron chi connectivity index (χ0n) is 11.9. The van der Waals surface area contributed by atoms with E-state index in [9.17, 15) is 4.79 Å². The molecule has 0 unspecified atom stereocenters. The Kier molecular flexibility index (Phi) is 4.10. The highest BCUT2D eigenvalue weighted by Crippen LogP contribution is 2.32. The van der Waals surface area contributed by atoms with E-state index in [-0.39, 0.29) is 5.91 Å². The zero-order valence-corrected chi connectivity index (χ0v) is 12.7. The molecule has 108 valence electrons. The number of amides is 1. The smallest absolute Gasteiger partial charge is 0.266 e. The quantitative estimate of drug-likeness (QED) is 0.699. The summed E-state index contributed by atoms with van der Waals surface area (Å²) in [4.78, 5) is 18.2. The van der Waals surface area contributed by atoms with E-state index in [1.54, 1.807) is 29.9 Å². The number of aromatic nitrogens is 1. The summed E-state index contributed by atoms with van der Waals surface area (Å²) in [6.45, 7) is 2.26. The van der Waals surface area contributed by atoms with E-state index in [4.69, 9.17) is 0 Å². The highest BCUT2D eigenvalue weighted by atomic mass is 32.1. The Morgan fingerprint density at radius 2 is 2.48 bits per heavy atom. The van der Waals surface area contributed by atoms with Crippen LogP contribution in [0.15, 0.2) is 35.7 Å². The maximum atomic E-state index is 12.1. The molecule has 0 spiro atoms. The summed E-state index contributed by atoms with van der Waals surface area (Å²) in [5.74, 6) is 0.578. The van der Waals surface area contributed by atoms with Crippen molar-refractivity contribution in [1.29, 1.82) is 0 Å². The summed E-state index contributed by atoms with van der Waals surface area (Å²) in [5.41, 5.74) is 4.77. The second-order valence-electron chi connectivity index (χ2n) is 5.39. The van der Waals surface area contributed by atoms with Crippen LogP contribution in [-0.4, -0.2) is 17.1 Å². The van der Waals surface area contributed by atoms with Crippen LogP contribution in [0.5, 0.6) is 0 Å². The van der Waals surface area contributed by atoms with Gasteiger partial charge in [0.2, 0.25) is 0 Å². The van der Waals surface area contributed by atoms with Gasteiger partial charge in [-0.25, -0.2) is 5.43 Å². The highest BCUT2D eigenvalue weighted by molar-refractivity contribution is 7.14. The van der Waals surface area contributed by atoms with Crippen LogP contribution in [0.3, 0.4) is 0 Å². The molecule has 1 aliphatic carbocycles. The maximum Gasteiger partial charge on any atom is 0.281 e. The monoisotopic (exact) mass is 299 g/mol. The molecule has 0 fully saturated rings. The van der Waals surface area contributed by atoms with Crippen LogP contribution in [0, 0.1) is 5.92 Å². The minimum atomic E-state index is -0.137. The van der Waals surface area contributed by atoms with Crippen LogP contribution in [0.2, 0.25) is 0 Å². The minimum absolute atomic E-state index is 0.137. The van der Waals surface area contributed by atoms with Gasteiger partial charge in [0.25, 0.3) is 5.91 Å². The maximum absolute atomic E-state index is 12.1. The molecule has 0 saturated carbocycles. The Morgan fingerprint density at radius 3 is 3.29 bits per heavy atom. The van der Waals surface area contributed by atoms with E-state index in [1.807, 2.05) is 18.2 Å². The third kappa shape index (κ3) is 3.36. The van der Waals surface area contributed by atoms with Crippen molar-refractivity contribution in [2.24, 2.45) is 11.0 Å². The molecule has 1 aliphatic rings. The van der Waals surface area contributed by atoms with Gasteiger partial charge in [-0.15, -0.1) is 11.3 Å². The van der Waals surface area contributed by atoms with Gasteiger partial charge in [0, 0.05) is 22.8 Å². The molecule has 2 aromatic heterocycles. The van der Waals surface area contributed by atoms with Gasteiger partial charge in [-0.2, -0.15) is 5.10 Å². The van der Waals surface area contributed by atoms with Gasteiger partial charge in [0.05, 0.1) is 11.1 Å². The molecule has 0 saturated heterocycles. The van der Waals surface area contributed by atoms with Crippen molar-refractivity contribution in [3.05, 3.63) is 51.5 Å². The first-order chi connectivity index (χ1) is 10.2. The fraction of sp³-hybridized carbons (Fsp3) is 0.312. The lowest BCUT2D eigenvalue weighted by molar-refractivity contribution is 0.0959. The molecular formula is C16H17N3OS. The first kappa shape index (κ1) is 13.9. The molecule has 1 atom stereocenters. The molecular weight excluding hydrogens is 282 g/mol. The Balaban J connectivity index is 1.65. The number of thiophene rings is 1. The van der Waals surface area contributed by atoms with Crippen molar-refractivity contribution in [1.82, 2.24) is 10.4 Å². The molecule has 0 radical (unpaired) electrons. The standard InChI is InChI=1S/C16H17N3OS/c1-11-4-5-14-13(7-11)8-15(21-14)16(20)19-18-10-12-3-2-6-17-9-12/h2-3,6,8-11H,4-5,7H2,1H3,(H,19,20)/b18-10-/t11-/m1/s1. The summed E-state index contributed by atoms with van der Waals surface area (Å²) in [5, 5.41) is 3.98. The lowest BCUT2D eigenvalue weighted by Gasteiger charge is -2.16. The molecule has 2 aromatic rings. The van der Waals surface area contributed by atoms with E-state index >= 15 is 0 Å². The Hall–Kier alpha value is -2.01. The number of hydrogen-bond donors (Lipinski definition) is 1. The summed E-state index contributed by atoms with van der Waals surface area (Å²) < 4.78 is 0. The van der Waals surface area contributed by atoms with Crippen molar-refractivity contribution < 1.29 is 4.79 Å². The molecule has 3 rings (SSSR count). The third-order valence-electron chi connectivity index (χ3n) is 3.62. The third-order valence-corrected chi connectivity index (χ3v) is 4.85. The number of nitrogens with zero attached hydrogens (tertiary/aromatic N) is 2. The fourth-order valence-corrected chi connectivity index (χ4v) is 3.59. The molecule has 5 heteroatoms. The van der Waals surface area contributed by atoms with Gasteiger partial charge >= 0.3 is 0 Å². The van der Waals surface area contributed by atoms with Crippen molar-refractivity contribution in [3.8, 4) is 0 Å². The lowest BCUT2D eigenvalue weighted by atomic mass is 9.90. The number of rotatable bonds is 3. The van der Waals surface area contributed by atoms with E-state index in [0.29, 0.717) is 5.92 Å². The van der Waals surface area contributed by atoms with Crippen molar-refractivity contribution in [3.63, 3.8) is 0 Å². The van der Waals surface area contributed by atoms with E-state index in [0.717, 1.165) is 23.3 Å². The number of carbonyl (C=O) groups excluding carboxylic acids is 1. The molecule has 1 N–H and O–H groups in total. The Bertz CT molecular complexity index is 663. The van der Waals surface area contributed by atoms with Crippen LogP contribution < -0.4 is 5.43 Å². The predicted molar refractivity (Wildman–Crippen MR) is 84.8 cm³/mol. The number of hydrazone groups is 1. The number of carbonyl (C=O) groups is 1. The van der Waals surface area contributed by atoms with Crippen LogP contribution in [0.25, 0.3) is 0 Å². The van der Waals surface area contributed by atoms with Gasteiger partial charge < -0.3 is 0 Å². The average Bonchev–Trinajstić information content (AvgIpc) is 2.91. The molecule has 0 aliphatic heterocycles. The average molecular weight is 299 g/mol. The van der Waals surface area contributed by atoms with Crippen LogP contribution in [-0.2, 0) is 12.8 Å². The number of nitrogens with one attached hydrogen (secondary N) is 1. The number of pyridine rings is 1. The largest absolute Gasteiger partial charge is 0.281 e. The van der Waals surface area contributed by atoms with Gasteiger partial charge in [0.1, 0.15) is 0 Å². The van der Waals surface area contributed by atoms with E-state index < -0.39 is 0 Å². The second kappa shape index (κ2) is 6.18. The van der Waals surface area contributed by atoms with Crippen LogP contribution >= 0.6 is 11.3 Å². The van der Waals surface area contributed by atoms with Gasteiger partial charge in [0.15, 0.2) is 0 Å². The first-order valence-electron chi connectivity index (χ1n) is 7.07. The van der Waals surface area contributed by atoms with Crippen LogP contribution in [0.1, 0.15) is 39.0 Å². The van der Waals surface area contributed by atoms with E-state index in [2.05, 4.69) is 22.4 Å². The second-order valence-corrected chi connectivity index (χ2v) is 6.53. The topological polar surface area (TPSA) is 54.4 Å². The van der Waals surface area contributed by atoms with Gasteiger partial charge in [-0.1, -0.05) is 13.0 Å². The summed E-state index contributed by atoms with van der Waals surface area (Å²) >= 11 is 1.59. The number of hydrogen-bond acceptors (Lipinski definition) is 4. The zero-order chi connectivity index (χ0) is 14.7. The normalized spacial score (nSPS) is 17.7. The number of aryl methyl sites for hydroxylation is 1. The molecule has 21 heavy (non-hydrogen) atoms. The molecule has 4 nitrogen and oxygen atoms in total. The summed E-state index contributed by atoms with van der Waals surface area (Å²) in [7, 11) is 0. The number of fused-ring (bicyclic) bond motifs is 1. The summed E-state index contributed by atoms with van der Waals surface area (Å²) in [6, 6.07) is 5.73. The van der Waals surface area contributed by atoms with Crippen molar-refractivity contribution in [2.45, 2.75) is 26.2 Å². The molecule has 2 heterocycles. The van der Waals surface area contributed by atoms with Gasteiger partial charge in [-0.05, 0) is 42.9 Å². The first-order valence-corrected chi connectivity index (χ1v) is 7.89. The van der Waals surface area contributed by atoms with Crippen LogP contribution in [0.4, 0.5) is 0 Å². The highest BCUT2D eigenvalue weighted by Gasteiger charge is 2.20. The fourth-order valence-electron chi connectivity index (χ4n) is 2.49. The Morgan fingerprint density at radius 1 is 1.57 bits per heavy atom. The van der Waals surface area contributed by atoms with E-state index in [1.165, 1.54) is 16.9 Å². The molecule has 1 amide bonds.